The number of aromatic nitrogens is 1. The van der Waals surface area contributed by atoms with Crippen molar-refractivity contribution in [3.05, 3.63) is 89.2 Å². The minimum absolute atomic E-state index is 0.0950. The highest BCUT2D eigenvalue weighted by Gasteiger charge is 2.38. The first-order chi connectivity index (χ1) is 15.1. The lowest BCUT2D eigenvalue weighted by atomic mass is 10.0. The van der Waals surface area contributed by atoms with Crippen LogP contribution in [-0.2, 0) is 17.9 Å². The van der Waals surface area contributed by atoms with E-state index in [1.54, 1.807) is 0 Å². The third-order valence-corrected chi connectivity index (χ3v) is 4.83. The number of halogens is 3. The van der Waals surface area contributed by atoms with Gasteiger partial charge in [-0.05, 0) is 65.4 Å². The number of hydrogen-bond acceptors (Lipinski definition) is 4. The number of rotatable bonds is 6. The Kier molecular flexibility index (Phi) is 8.92. The number of benzene rings is 2. The van der Waals surface area contributed by atoms with Gasteiger partial charge in [-0.3, -0.25) is 4.98 Å². The highest BCUT2D eigenvalue weighted by atomic mass is 19.4. The monoisotopic (exact) mass is 446 g/mol. The molecule has 0 saturated heterocycles. The van der Waals surface area contributed by atoms with Gasteiger partial charge in [-0.15, -0.1) is 0 Å². The fourth-order valence-corrected chi connectivity index (χ4v) is 2.97. The molecule has 3 N–H and O–H groups in total. The Balaban J connectivity index is 0.000000451. The molecule has 1 heterocycles. The van der Waals surface area contributed by atoms with Crippen molar-refractivity contribution in [2.75, 3.05) is 0 Å². The molecule has 8 heteroatoms. The summed E-state index contributed by atoms with van der Waals surface area (Å²) in [6.45, 7) is 5.11. The molecule has 5 nitrogen and oxygen atoms in total. The molecule has 1 atom stereocenters. The molecule has 2 aromatic carbocycles. The minimum atomic E-state index is -5.08. The molecule has 0 radical (unpaired) electrons. The zero-order valence-electron chi connectivity index (χ0n) is 17.7. The number of pyridine rings is 1. The number of nitrogens with zero attached hydrogens (tertiary/aromatic N) is 1. The van der Waals surface area contributed by atoms with Gasteiger partial charge in [-0.1, -0.05) is 36.4 Å². The van der Waals surface area contributed by atoms with Crippen LogP contribution in [0.1, 0.15) is 35.2 Å². The molecule has 3 rings (SSSR count). The van der Waals surface area contributed by atoms with Gasteiger partial charge >= 0.3 is 12.1 Å². The standard InChI is InChI=1S/C22H24N2O.C2HF3O2/c1-16-12-18(6-7-22(16)15-25)14-24-17(2)20-4-3-5-21(13-20)19-8-10-23-11-9-19;3-2(4,5)1(6)7/h3-13,17,24-25H,14-15H2,1-2H3;(H,6,7). The molecule has 32 heavy (non-hydrogen) atoms. The molecule has 0 fully saturated rings. The zero-order valence-corrected chi connectivity index (χ0v) is 17.7. The van der Waals surface area contributed by atoms with E-state index in [9.17, 15) is 18.3 Å². The fourth-order valence-electron chi connectivity index (χ4n) is 2.97. The number of nitrogens with one attached hydrogen (secondary N) is 1. The maximum Gasteiger partial charge on any atom is 0.490 e. The van der Waals surface area contributed by atoms with Crippen molar-refractivity contribution >= 4 is 5.97 Å². The molecule has 170 valence electrons. The maximum absolute atomic E-state index is 10.6. The second-order valence-corrected chi connectivity index (χ2v) is 7.19. The van der Waals surface area contributed by atoms with Crippen molar-refractivity contribution in [1.29, 1.82) is 0 Å². The average Bonchev–Trinajstić information content (AvgIpc) is 2.78. The van der Waals surface area contributed by atoms with E-state index in [1.165, 1.54) is 22.3 Å². The van der Waals surface area contributed by atoms with Crippen molar-refractivity contribution in [2.24, 2.45) is 0 Å². The van der Waals surface area contributed by atoms with Crippen LogP contribution < -0.4 is 5.32 Å². The molecule has 0 bridgehead atoms. The van der Waals surface area contributed by atoms with Crippen LogP contribution >= 0.6 is 0 Å². The van der Waals surface area contributed by atoms with Crippen LogP contribution in [0.4, 0.5) is 13.2 Å². The smallest absolute Gasteiger partial charge is 0.475 e. The third kappa shape index (κ3) is 7.47. The molecule has 1 aromatic heterocycles. The van der Waals surface area contributed by atoms with Gasteiger partial charge in [0.2, 0.25) is 0 Å². The number of carboxylic acids is 1. The summed E-state index contributed by atoms with van der Waals surface area (Å²) in [6.07, 6.45) is -1.44. The number of hydrogen-bond donors (Lipinski definition) is 3. The van der Waals surface area contributed by atoms with E-state index in [0.29, 0.717) is 0 Å². The largest absolute Gasteiger partial charge is 0.490 e. The number of aliphatic hydroxyl groups is 1. The highest BCUT2D eigenvalue weighted by Crippen LogP contribution is 2.23. The van der Waals surface area contributed by atoms with Crippen LogP contribution in [0.2, 0.25) is 0 Å². The molecule has 0 aliphatic rings. The van der Waals surface area contributed by atoms with Gasteiger partial charge < -0.3 is 15.5 Å². The molecule has 0 aliphatic heterocycles. The molecule has 1 unspecified atom stereocenters. The zero-order chi connectivity index (χ0) is 23.7. The quantitative estimate of drug-likeness (QED) is 0.495. The van der Waals surface area contributed by atoms with Crippen molar-refractivity contribution in [3.63, 3.8) is 0 Å². The van der Waals surface area contributed by atoms with Crippen molar-refractivity contribution in [1.82, 2.24) is 10.3 Å². The molecule has 0 spiro atoms. The number of aliphatic carboxylic acids is 1. The van der Waals surface area contributed by atoms with Gasteiger partial charge in [0.15, 0.2) is 0 Å². The maximum atomic E-state index is 10.6. The molecule has 0 aliphatic carbocycles. The van der Waals surface area contributed by atoms with Gasteiger partial charge in [0.1, 0.15) is 0 Å². The Morgan fingerprint density at radius 3 is 2.28 bits per heavy atom. The number of aryl methyl sites for hydroxylation is 1. The number of carbonyl (C=O) groups is 1. The normalized spacial score (nSPS) is 11.9. The van der Waals surface area contributed by atoms with Crippen LogP contribution in [0.3, 0.4) is 0 Å². The topological polar surface area (TPSA) is 82.5 Å². The van der Waals surface area contributed by atoms with Crippen molar-refractivity contribution in [2.45, 2.75) is 39.2 Å². The summed E-state index contributed by atoms with van der Waals surface area (Å²) < 4.78 is 31.7. The summed E-state index contributed by atoms with van der Waals surface area (Å²) >= 11 is 0. The molecule has 0 saturated carbocycles. The second-order valence-electron chi connectivity index (χ2n) is 7.19. The van der Waals surface area contributed by atoms with Gasteiger partial charge in [0.05, 0.1) is 6.61 Å². The van der Waals surface area contributed by atoms with E-state index in [2.05, 4.69) is 53.6 Å². The van der Waals surface area contributed by atoms with Crippen LogP contribution in [0.5, 0.6) is 0 Å². The Bertz CT molecular complexity index is 1020. The predicted octanol–water partition coefficient (Wildman–Crippen LogP) is 5.03. The number of alkyl halides is 3. The van der Waals surface area contributed by atoms with Gasteiger partial charge in [0.25, 0.3) is 0 Å². The first kappa shape index (κ1) is 25.0. The fraction of sp³-hybridized carbons (Fsp3) is 0.250. The predicted molar refractivity (Wildman–Crippen MR) is 116 cm³/mol. The summed E-state index contributed by atoms with van der Waals surface area (Å²) in [6, 6.07) is 19.1. The summed E-state index contributed by atoms with van der Waals surface area (Å²) in [7, 11) is 0. The Hall–Kier alpha value is -3.23. The van der Waals surface area contributed by atoms with Gasteiger partial charge in [-0.2, -0.15) is 13.2 Å². The first-order valence-corrected chi connectivity index (χ1v) is 9.85. The molecule has 3 aromatic rings. The Labute approximate surface area is 184 Å². The number of aliphatic hydroxyl groups excluding tert-OH is 1. The van der Waals surface area contributed by atoms with E-state index in [1.807, 2.05) is 37.5 Å². The van der Waals surface area contributed by atoms with E-state index < -0.39 is 12.1 Å². The molecular weight excluding hydrogens is 421 g/mol. The van der Waals surface area contributed by atoms with Crippen LogP contribution in [-0.4, -0.2) is 27.3 Å². The second kappa shape index (κ2) is 11.4. The highest BCUT2D eigenvalue weighted by molar-refractivity contribution is 5.73. The van der Waals surface area contributed by atoms with Crippen molar-refractivity contribution in [3.8, 4) is 11.1 Å². The Morgan fingerprint density at radius 1 is 1.06 bits per heavy atom. The lowest BCUT2D eigenvalue weighted by molar-refractivity contribution is -0.192. The lowest BCUT2D eigenvalue weighted by Gasteiger charge is -2.16. The SMILES string of the molecule is Cc1cc(CNC(C)c2cccc(-c3ccncc3)c2)ccc1CO.O=C(O)C(F)(F)F. The van der Waals surface area contributed by atoms with E-state index in [4.69, 9.17) is 9.90 Å². The van der Waals surface area contributed by atoms with Crippen LogP contribution in [0.15, 0.2) is 67.0 Å². The lowest BCUT2D eigenvalue weighted by Crippen LogP contribution is -2.21. The summed E-state index contributed by atoms with van der Waals surface area (Å²) in [5.74, 6) is -2.76. The van der Waals surface area contributed by atoms with Gasteiger partial charge in [0, 0.05) is 25.0 Å². The summed E-state index contributed by atoms with van der Waals surface area (Å²) in [5, 5.41) is 20.0. The van der Waals surface area contributed by atoms with E-state index >= 15 is 0 Å². The van der Waals surface area contributed by atoms with Crippen LogP contribution in [0.25, 0.3) is 11.1 Å². The van der Waals surface area contributed by atoms with Crippen LogP contribution in [0, 0.1) is 6.92 Å². The third-order valence-electron chi connectivity index (χ3n) is 4.83. The average molecular weight is 446 g/mol. The summed E-state index contributed by atoms with van der Waals surface area (Å²) in [4.78, 5) is 13.0. The van der Waals surface area contributed by atoms with E-state index in [0.717, 1.165) is 17.7 Å². The first-order valence-electron chi connectivity index (χ1n) is 9.85. The summed E-state index contributed by atoms with van der Waals surface area (Å²) in [5.41, 5.74) is 7.00. The van der Waals surface area contributed by atoms with E-state index in [-0.39, 0.29) is 12.6 Å². The molecular formula is C24H25F3N2O3. The Morgan fingerprint density at radius 2 is 1.72 bits per heavy atom. The number of carboxylic acid groups (broad SMARTS) is 1. The van der Waals surface area contributed by atoms with Gasteiger partial charge in [-0.25, -0.2) is 4.79 Å². The molecule has 0 amide bonds. The van der Waals surface area contributed by atoms with Crippen molar-refractivity contribution < 1.29 is 28.2 Å². The minimum Gasteiger partial charge on any atom is -0.475 e.